The number of nitrogens with zero attached hydrogens (tertiary/aromatic N) is 2. The fourth-order valence-electron chi connectivity index (χ4n) is 1.08. The van der Waals surface area contributed by atoms with Gasteiger partial charge in [-0.1, -0.05) is 0 Å². The molecule has 1 aliphatic rings. The summed E-state index contributed by atoms with van der Waals surface area (Å²) in [6.45, 7) is 2.64. The van der Waals surface area contributed by atoms with Crippen molar-refractivity contribution >= 4 is 0 Å². The fraction of sp³-hybridized carbons (Fsp3) is 1.00. The second-order valence-corrected chi connectivity index (χ2v) is 3.83. The second kappa shape index (κ2) is 4.80. The first kappa shape index (κ1) is 9.96. The SMILES string of the molecule is CN(C)CCOCN(C)C1CC1. The smallest absolute Gasteiger partial charge is 0.0990 e. The molecular formula is C9H20N2O. The fourth-order valence-corrected chi connectivity index (χ4v) is 1.08. The maximum atomic E-state index is 5.49. The summed E-state index contributed by atoms with van der Waals surface area (Å²) in [4.78, 5) is 4.42. The first-order chi connectivity index (χ1) is 5.70. The summed E-state index contributed by atoms with van der Waals surface area (Å²) < 4.78 is 5.49. The van der Waals surface area contributed by atoms with Gasteiger partial charge in [-0.2, -0.15) is 0 Å². The Kier molecular flexibility index (Phi) is 3.98. The average molecular weight is 172 g/mol. The summed E-state index contributed by atoms with van der Waals surface area (Å²) in [6, 6.07) is 0.810. The standard InChI is InChI=1S/C9H20N2O/c1-10(2)6-7-12-8-11(3)9-4-5-9/h9H,4-8H2,1-3H3. The Morgan fingerprint density at radius 3 is 2.42 bits per heavy atom. The first-order valence-corrected chi connectivity index (χ1v) is 4.63. The van der Waals surface area contributed by atoms with Crippen LogP contribution in [0.5, 0.6) is 0 Å². The third-order valence-corrected chi connectivity index (χ3v) is 2.15. The molecule has 72 valence electrons. The zero-order valence-electron chi connectivity index (χ0n) is 8.42. The van der Waals surface area contributed by atoms with Gasteiger partial charge in [-0.3, -0.25) is 4.90 Å². The van der Waals surface area contributed by atoms with Gasteiger partial charge in [0.25, 0.3) is 0 Å². The Balaban J connectivity index is 1.87. The molecule has 0 bridgehead atoms. The molecule has 3 nitrogen and oxygen atoms in total. The van der Waals surface area contributed by atoms with Gasteiger partial charge < -0.3 is 9.64 Å². The molecule has 0 heterocycles. The van der Waals surface area contributed by atoms with Crippen LogP contribution < -0.4 is 0 Å². The lowest BCUT2D eigenvalue weighted by Gasteiger charge is -2.16. The van der Waals surface area contributed by atoms with E-state index >= 15 is 0 Å². The molecule has 12 heavy (non-hydrogen) atoms. The Bertz CT molecular complexity index is 124. The highest BCUT2D eigenvalue weighted by Crippen LogP contribution is 2.24. The van der Waals surface area contributed by atoms with Crippen LogP contribution in [0, 0.1) is 0 Å². The van der Waals surface area contributed by atoms with Crippen molar-refractivity contribution in [3.63, 3.8) is 0 Å². The summed E-state index contributed by atoms with van der Waals surface area (Å²) in [6.07, 6.45) is 2.71. The Labute approximate surface area is 75.3 Å². The zero-order valence-corrected chi connectivity index (χ0v) is 8.42. The van der Waals surface area contributed by atoms with Crippen LogP contribution in [-0.4, -0.2) is 56.9 Å². The van der Waals surface area contributed by atoms with Crippen LogP contribution in [-0.2, 0) is 4.74 Å². The molecule has 1 fully saturated rings. The highest BCUT2D eigenvalue weighted by molar-refractivity contribution is 4.80. The van der Waals surface area contributed by atoms with Crippen molar-refractivity contribution in [3.05, 3.63) is 0 Å². The van der Waals surface area contributed by atoms with Crippen LogP contribution in [0.3, 0.4) is 0 Å². The minimum atomic E-state index is 0.790. The molecule has 0 N–H and O–H groups in total. The van der Waals surface area contributed by atoms with E-state index in [0.29, 0.717) is 0 Å². The molecule has 0 aromatic heterocycles. The van der Waals surface area contributed by atoms with Crippen LogP contribution in [0.4, 0.5) is 0 Å². The Morgan fingerprint density at radius 2 is 1.92 bits per heavy atom. The van der Waals surface area contributed by atoms with Crippen molar-refractivity contribution in [1.29, 1.82) is 0 Å². The molecule has 1 rings (SSSR count). The molecule has 1 saturated carbocycles. The van der Waals surface area contributed by atoms with E-state index in [-0.39, 0.29) is 0 Å². The van der Waals surface area contributed by atoms with Gasteiger partial charge in [-0.05, 0) is 34.0 Å². The lowest BCUT2D eigenvalue weighted by atomic mass is 10.6. The number of rotatable bonds is 6. The predicted molar refractivity (Wildman–Crippen MR) is 50.2 cm³/mol. The quantitative estimate of drug-likeness (QED) is 0.431. The first-order valence-electron chi connectivity index (χ1n) is 4.63. The van der Waals surface area contributed by atoms with Gasteiger partial charge in [0.15, 0.2) is 0 Å². The molecule has 0 unspecified atom stereocenters. The van der Waals surface area contributed by atoms with Crippen molar-refractivity contribution in [1.82, 2.24) is 9.80 Å². The maximum absolute atomic E-state index is 5.49. The molecule has 0 aromatic rings. The molecule has 3 heteroatoms. The van der Waals surface area contributed by atoms with Gasteiger partial charge in [0.05, 0.1) is 13.3 Å². The normalized spacial score (nSPS) is 17.8. The largest absolute Gasteiger partial charge is 0.365 e. The van der Waals surface area contributed by atoms with Crippen molar-refractivity contribution < 1.29 is 4.74 Å². The van der Waals surface area contributed by atoms with E-state index in [1.807, 2.05) is 0 Å². The molecule has 0 spiro atoms. The Morgan fingerprint density at radius 1 is 1.25 bits per heavy atom. The third kappa shape index (κ3) is 4.04. The molecule has 0 atom stereocenters. The van der Waals surface area contributed by atoms with Gasteiger partial charge in [-0.25, -0.2) is 0 Å². The number of hydrogen-bond acceptors (Lipinski definition) is 3. The Hall–Kier alpha value is -0.120. The number of hydrogen-bond donors (Lipinski definition) is 0. The van der Waals surface area contributed by atoms with Crippen LogP contribution in [0.1, 0.15) is 12.8 Å². The average Bonchev–Trinajstić information content (AvgIpc) is 2.79. The molecule has 1 aliphatic carbocycles. The number of likely N-dealkylation sites (N-methyl/N-ethyl adjacent to an activating group) is 1. The maximum Gasteiger partial charge on any atom is 0.0990 e. The summed E-state index contributed by atoms with van der Waals surface area (Å²) in [5.41, 5.74) is 0. The van der Waals surface area contributed by atoms with Crippen molar-refractivity contribution in [2.75, 3.05) is 41.0 Å². The van der Waals surface area contributed by atoms with E-state index < -0.39 is 0 Å². The van der Waals surface area contributed by atoms with Gasteiger partial charge in [0.2, 0.25) is 0 Å². The molecule has 0 saturated heterocycles. The molecule has 0 radical (unpaired) electrons. The minimum absolute atomic E-state index is 0.790. The summed E-state index contributed by atoms with van der Waals surface area (Å²) >= 11 is 0. The van der Waals surface area contributed by atoms with Crippen molar-refractivity contribution in [2.45, 2.75) is 18.9 Å². The topological polar surface area (TPSA) is 15.7 Å². The molecule has 0 amide bonds. The van der Waals surface area contributed by atoms with E-state index in [9.17, 15) is 0 Å². The second-order valence-electron chi connectivity index (χ2n) is 3.83. The third-order valence-electron chi connectivity index (χ3n) is 2.15. The summed E-state index contributed by atoms with van der Waals surface area (Å²) in [5, 5.41) is 0. The summed E-state index contributed by atoms with van der Waals surface area (Å²) in [7, 11) is 6.26. The van der Waals surface area contributed by atoms with Gasteiger partial charge in [0, 0.05) is 12.6 Å². The van der Waals surface area contributed by atoms with Gasteiger partial charge in [-0.15, -0.1) is 0 Å². The molecule has 0 aromatic carbocycles. The van der Waals surface area contributed by atoms with Crippen LogP contribution in [0.25, 0.3) is 0 Å². The van der Waals surface area contributed by atoms with E-state index in [1.165, 1.54) is 12.8 Å². The highest BCUT2D eigenvalue weighted by atomic mass is 16.5. The van der Waals surface area contributed by atoms with Crippen LogP contribution in [0.15, 0.2) is 0 Å². The van der Waals surface area contributed by atoms with Gasteiger partial charge in [0.1, 0.15) is 0 Å². The minimum Gasteiger partial charge on any atom is -0.365 e. The molecule has 0 aliphatic heterocycles. The van der Waals surface area contributed by atoms with Crippen LogP contribution >= 0.6 is 0 Å². The number of ether oxygens (including phenoxy) is 1. The predicted octanol–water partition coefficient (Wildman–Crippen LogP) is 0.616. The lowest BCUT2D eigenvalue weighted by molar-refractivity contribution is 0.0320. The van der Waals surface area contributed by atoms with Crippen molar-refractivity contribution in [3.8, 4) is 0 Å². The monoisotopic (exact) mass is 172 g/mol. The van der Waals surface area contributed by atoms with E-state index in [4.69, 9.17) is 4.74 Å². The van der Waals surface area contributed by atoms with E-state index in [1.54, 1.807) is 0 Å². The zero-order chi connectivity index (χ0) is 8.97. The summed E-state index contributed by atoms with van der Waals surface area (Å²) in [5.74, 6) is 0. The van der Waals surface area contributed by atoms with E-state index in [0.717, 1.165) is 25.9 Å². The van der Waals surface area contributed by atoms with Crippen molar-refractivity contribution in [2.24, 2.45) is 0 Å². The lowest BCUT2D eigenvalue weighted by Crippen LogP contribution is -2.26. The highest BCUT2D eigenvalue weighted by Gasteiger charge is 2.25. The van der Waals surface area contributed by atoms with E-state index in [2.05, 4.69) is 30.9 Å². The van der Waals surface area contributed by atoms with Crippen LogP contribution in [0.2, 0.25) is 0 Å². The van der Waals surface area contributed by atoms with Gasteiger partial charge >= 0.3 is 0 Å². The molecular weight excluding hydrogens is 152 g/mol.